The standard InChI is InChI=1S/C21H16ClF4N3O4S/c1-11(10-34(2,30)31)28-19(22)14-9-27-21(33-18-6-4-13(24)8-16(18)26)29-20(14)32-17-5-3-12(23)7-15(17)25/h3-9,19H,10H2,1-2H3/t19-/m0/s1. The van der Waals surface area contributed by atoms with Crippen LogP contribution in [0, 0.1) is 23.3 Å². The highest BCUT2D eigenvalue weighted by atomic mass is 35.5. The smallest absolute Gasteiger partial charge is 0.325 e. The highest BCUT2D eigenvalue weighted by Gasteiger charge is 2.21. The van der Waals surface area contributed by atoms with Crippen LogP contribution in [-0.2, 0) is 9.84 Å². The van der Waals surface area contributed by atoms with Crippen molar-refractivity contribution in [1.82, 2.24) is 9.97 Å². The van der Waals surface area contributed by atoms with E-state index in [1.54, 1.807) is 0 Å². The van der Waals surface area contributed by atoms with Crippen molar-refractivity contribution in [2.45, 2.75) is 12.4 Å². The largest absolute Gasteiger partial charge is 0.435 e. The summed E-state index contributed by atoms with van der Waals surface area (Å²) in [6.45, 7) is 1.44. The van der Waals surface area contributed by atoms with Crippen LogP contribution in [0.2, 0.25) is 0 Å². The Kier molecular flexibility index (Phi) is 7.72. The second-order valence-corrected chi connectivity index (χ2v) is 9.59. The topological polar surface area (TPSA) is 90.7 Å². The van der Waals surface area contributed by atoms with Gasteiger partial charge in [-0.2, -0.15) is 4.98 Å². The molecule has 34 heavy (non-hydrogen) atoms. The number of sulfone groups is 1. The van der Waals surface area contributed by atoms with Crippen LogP contribution in [0.3, 0.4) is 0 Å². The average molecular weight is 518 g/mol. The van der Waals surface area contributed by atoms with E-state index in [0.717, 1.165) is 36.7 Å². The molecule has 0 aliphatic rings. The molecule has 1 heterocycles. The quantitative estimate of drug-likeness (QED) is 0.173. The van der Waals surface area contributed by atoms with Gasteiger partial charge in [-0.05, 0) is 31.2 Å². The van der Waals surface area contributed by atoms with Gasteiger partial charge in [0.05, 0.1) is 11.3 Å². The fourth-order valence-electron chi connectivity index (χ4n) is 2.65. The summed E-state index contributed by atoms with van der Waals surface area (Å²) in [6.07, 6.45) is 2.11. The Morgan fingerprint density at radius 1 is 1.03 bits per heavy atom. The summed E-state index contributed by atoms with van der Waals surface area (Å²) in [7, 11) is -3.39. The molecule has 0 N–H and O–H groups in total. The molecular formula is C21H16ClF4N3O4S. The van der Waals surface area contributed by atoms with Crippen molar-refractivity contribution < 1.29 is 35.5 Å². The number of aliphatic imine (C=N–C) groups is 1. The number of ether oxygens (including phenoxy) is 2. The molecule has 0 radical (unpaired) electrons. The Balaban J connectivity index is 2.00. The van der Waals surface area contributed by atoms with Gasteiger partial charge >= 0.3 is 6.01 Å². The van der Waals surface area contributed by atoms with Gasteiger partial charge in [0.25, 0.3) is 0 Å². The summed E-state index contributed by atoms with van der Waals surface area (Å²) in [4.78, 5) is 11.9. The maximum absolute atomic E-state index is 14.2. The fourth-order valence-corrected chi connectivity index (χ4v) is 3.80. The third-order valence-corrected chi connectivity index (χ3v) is 5.29. The highest BCUT2D eigenvalue weighted by Crippen LogP contribution is 2.35. The van der Waals surface area contributed by atoms with Crippen molar-refractivity contribution in [2.24, 2.45) is 4.99 Å². The van der Waals surface area contributed by atoms with Gasteiger partial charge in [0.2, 0.25) is 5.88 Å². The minimum atomic E-state index is -3.39. The second-order valence-electron chi connectivity index (χ2n) is 7.04. The van der Waals surface area contributed by atoms with Gasteiger partial charge < -0.3 is 9.47 Å². The predicted octanol–water partition coefficient (Wildman–Crippen LogP) is 5.36. The first-order valence-electron chi connectivity index (χ1n) is 9.39. The molecule has 0 spiro atoms. The lowest BCUT2D eigenvalue weighted by molar-refractivity contribution is 0.379. The first kappa shape index (κ1) is 25.4. The number of hydrogen-bond acceptors (Lipinski definition) is 7. The summed E-state index contributed by atoms with van der Waals surface area (Å²) in [5.41, 5.74) is -1.13. The molecule has 0 aliphatic carbocycles. The lowest BCUT2D eigenvalue weighted by Crippen LogP contribution is -2.12. The maximum Gasteiger partial charge on any atom is 0.325 e. The van der Waals surface area contributed by atoms with Crippen molar-refractivity contribution in [1.29, 1.82) is 0 Å². The van der Waals surface area contributed by atoms with E-state index in [0.29, 0.717) is 12.1 Å². The van der Waals surface area contributed by atoms with Crippen LogP contribution in [0.25, 0.3) is 0 Å². The van der Waals surface area contributed by atoms with E-state index in [2.05, 4.69) is 15.0 Å². The average Bonchev–Trinajstić information content (AvgIpc) is 2.71. The SMILES string of the molecule is CC(CS(C)(=O)=O)=N[C@H](Cl)c1cnc(Oc2ccc(F)cc2F)nc1Oc1ccc(F)cc1F. The van der Waals surface area contributed by atoms with Crippen LogP contribution in [-0.4, -0.2) is 36.1 Å². The molecule has 0 unspecified atom stereocenters. The molecular weight excluding hydrogens is 502 g/mol. The van der Waals surface area contributed by atoms with Crippen molar-refractivity contribution in [3.63, 3.8) is 0 Å². The number of rotatable bonds is 8. The number of alkyl halides is 1. The van der Waals surface area contributed by atoms with Gasteiger partial charge in [-0.15, -0.1) is 0 Å². The van der Waals surface area contributed by atoms with E-state index in [1.165, 1.54) is 6.92 Å². The van der Waals surface area contributed by atoms with Crippen molar-refractivity contribution >= 4 is 27.1 Å². The number of benzene rings is 2. The van der Waals surface area contributed by atoms with Gasteiger partial charge in [-0.25, -0.2) is 31.0 Å². The normalized spacial score (nSPS) is 13.0. The molecule has 13 heteroatoms. The van der Waals surface area contributed by atoms with Gasteiger partial charge in [-0.1, -0.05) is 11.6 Å². The van der Waals surface area contributed by atoms with Crippen molar-refractivity contribution in [2.75, 3.05) is 12.0 Å². The molecule has 0 saturated carbocycles. The van der Waals surface area contributed by atoms with E-state index < -0.39 is 56.1 Å². The van der Waals surface area contributed by atoms with Crippen molar-refractivity contribution in [3.05, 3.63) is 71.4 Å². The molecule has 0 fully saturated rings. The summed E-state index contributed by atoms with van der Waals surface area (Å²) < 4.78 is 88.1. The van der Waals surface area contributed by atoms with Crippen LogP contribution < -0.4 is 9.47 Å². The molecule has 0 bridgehead atoms. The lowest BCUT2D eigenvalue weighted by Gasteiger charge is -2.14. The minimum Gasteiger partial charge on any atom is -0.435 e. The molecule has 1 aromatic heterocycles. The van der Waals surface area contributed by atoms with Crippen LogP contribution in [0.5, 0.6) is 23.4 Å². The third-order valence-electron chi connectivity index (χ3n) is 4.02. The lowest BCUT2D eigenvalue weighted by atomic mass is 10.3. The molecule has 180 valence electrons. The van der Waals surface area contributed by atoms with Gasteiger partial charge in [-0.3, -0.25) is 4.99 Å². The molecule has 2 aromatic carbocycles. The van der Waals surface area contributed by atoms with E-state index in [9.17, 15) is 26.0 Å². The fraction of sp³-hybridized carbons (Fsp3) is 0.190. The first-order chi connectivity index (χ1) is 15.9. The van der Waals surface area contributed by atoms with Gasteiger partial charge in [0, 0.05) is 30.3 Å². The summed E-state index contributed by atoms with van der Waals surface area (Å²) >= 11 is 6.28. The van der Waals surface area contributed by atoms with E-state index >= 15 is 0 Å². The Morgan fingerprint density at radius 3 is 2.12 bits per heavy atom. The van der Waals surface area contributed by atoms with E-state index in [4.69, 9.17) is 21.1 Å². The number of nitrogens with zero attached hydrogens (tertiary/aromatic N) is 3. The molecule has 0 saturated heterocycles. The Hall–Kier alpha value is -3.25. The Bertz CT molecular complexity index is 1360. The second kappa shape index (κ2) is 10.3. The molecule has 0 amide bonds. The summed E-state index contributed by atoms with van der Waals surface area (Å²) in [6, 6.07) is 4.59. The van der Waals surface area contributed by atoms with Crippen LogP contribution >= 0.6 is 11.6 Å². The van der Waals surface area contributed by atoms with Crippen molar-refractivity contribution in [3.8, 4) is 23.4 Å². The molecule has 0 aliphatic heterocycles. The first-order valence-corrected chi connectivity index (χ1v) is 11.9. The zero-order chi connectivity index (χ0) is 25.0. The third kappa shape index (κ3) is 6.87. The van der Waals surface area contributed by atoms with E-state index in [-0.39, 0.29) is 22.9 Å². The van der Waals surface area contributed by atoms with Crippen LogP contribution in [0.15, 0.2) is 47.6 Å². The maximum atomic E-state index is 14.2. The van der Waals surface area contributed by atoms with Crippen LogP contribution in [0.4, 0.5) is 17.6 Å². The van der Waals surface area contributed by atoms with Crippen LogP contribution in [0.1, 0.15) is 18.0 Å². The molecule has 7 nitrogen and oxygen atoms in total. The zero-order valence-corrected chi connectivity index (χ0v) is 19.2. The minimum absolute atomic E-state index is 0.0230. The molecule has 3 aromatic rings. The summed E-state index contributed by atoms with van der Waals surface area (Å²) in [5, 5.41) is 0. The Morgan fingerprint density at radius 2 is 1.59 bits per heavy atom. The number of halogens is 5. The zero-order valence-electron chi connectivity index (χ0n) is 17.6. The molecule has 1 atom stereocenters. The highest BCUT2D eigenvalue weighted by molar-refractivity contribution is 7.91. The summed E-state index contributed by atoms with van der Waals surface area (Å²) in [5.74, 6) is -5.35. The number of aromatic nitrogens is 2. The number of hydrogen-bond donors (Lipinski definition) is 0. The van der Waals surface area contributed by atoms with E-state index in [1.807, 2.05) is 0 Å². The molecule has 3 rings (SSSR count). The monoisotopic (exact) mass is 517 g/mol. The van der Waals surface area contributed by atoms with Gasteiger partial charge in [0.15, 0.2) is 38.5 Å². The predicted molar refractivity (Wildman–Crippen MR) is 116 cm³/mol. The Labute approximate surface area is 197 Å². The van der Waals surface area contributed by atoms with Gasteiger partial charge in [0.1, 0.15) is 11.6 Å².